The van der Waals surface area contributed by atoms with Gasteiger partial charge in [0.25, 0.3) is 0 Å². The first-order valence-electron chi connectivity index (χ1n) is 13.4. The second kappa shape index (κ2) is 17.3. The molecular formula is C28H50. The van der Waals surface area contributed by atoms with E-state index < -0.39 is 0 Å². The van der Waals surface area contributed by atoms with Crippen LogP contribution >= 0.6 is 0 Å². The summed E-state index contributed by atoms with van der Waals surface area (Å²) in [6, 6.07) is 0. The number of hydrogen-bond acceptors (Lipinski definition) is 0. The van der Waals surface area contributed by atoms with Gasteiger partial charge in [0, 0.05) is 0 Å². The Hall–Kier alpha value is -0.520. The van der Waals surface area contributed by atoms with E-state index in [-0.39, 0.29) is 0 Å². The van der Waals surface area contributed by atoms with E-state index in [1.807, 2.05) is 0 Å². The molecule has 0 nitrogen and oxygen atoms in total. The molecule has 0 spiro atoms. The highest BCUT2D eigenvalue weighted by atomic mass is 14.1. The minimum atomic E-state index is 1.33. The van der Waals surface area contributed by atoms with Crippen LogP contribution in [-0.2, 0) is 0 Å². The Kier molecular flexibility index (Phi) is 14.7. The van der Waals surface area contributed by atoms with Crippen LogP contribution < -0.4 is 0 Å². The van der Waals surface area contributed by atoms with Gasteiger partial charge in [-0.2, -0.15) is 0 Å². The summed E-state index contributed by atoms with van der Waals surface area (Å²) < 4.78 is 0. The van der Waals surface area contributed by atoms with Crippen molar-refractivity contribution >= 4 is 0 Å². The van der Waals surface area contributed by atoms with E-state index in [2.05, 4.69) is 12.2 Å². The highest BCUT2D eigenvalue weighted by Crippen LogP contribution is 2.27. The van der Waals surface area contributed by atoms with E-state index >= 15 is 0 Å². The Balaban J connectivity index is 1.94. The molecule has 2 aliphatic rings. The van der Waals surface area contributed by atoms with Gasteiger partial charge in [-0.05, 0) is 62.5 Å². The van der Waals surface area contributed by atoms with Gasteiger partial charge in [-0.15, -0.1) is 0 Å². The number of allylic oxidation sites excluding steroid dienone is 4. The van der Waals surface area contributed by atoms with Crippen molar-refractivity contribution in [2.75, 3.05) is 0 Å². The smallest absolute Gasteiger partial charge is 0.0279 e. The second-order valence-electron chi connectivity index (χ2n) is 9.61. The van der Waals surface area contributed by atoms with Crippen molar-refractivity contribution < 1.29 is 0 Å². The fraction of sp³-hybridized carbons (Fsp3) is 0.857. The van der Waals surface area contributed by atoms with Crippen LogP contribution in [0.1, 0.15) is 154 Å². The quantitative estimate of drug-likeness (QED) is 0.420. The van der Waals surface area contributed by atoms with Gasteiger partial charge in [-0.1, -0.05) is 115 Å². The summed E-state index contributed by atoms with van der Waals surface area (Å²) in [6.45, 7) is 0. The maximum Gasteiger partial charge on any atom is -0.0279 e. The van der Waals surface area contributed by atoms with Crippen molar-refractivity contribution in [3.05, 3.63) is 23.3 Å². The van der Waals surface area contributed by atoms with Crippen LogP contribution in [0.4, 0.5) is 0 Å². The molecule has 0 N–H and O–H groups in total. The van der Waals surface area contributed by atoms with E-state index in [1.165, 1.54) is 154 Å². The van der Waals surface area contributed by atoms with Crippen LogP contribution in [0.2, 0.25) is 0 Å². The lowest BCUT2D eigenvalue weighted by Gasteiger charge is -2.15. The Bertz CT molecular complexity index is 374. The van der Waals surface area contributed by atoms with Crippen molar-refractivity contribution in [3.8, 4) is 0 Å². The third kappa shape index (κ3) is 12.1. The molecule has 0 saturated heterocycles. The fourth-order valence-corrected chi connectivity index (χ4v) is 5.09. The number of hydrogen-bond donors (Lipinski definition) is 0. The SMILES string of the molecule is C1=C(/C2=C/CCCCCCCCCCCC2)CCCCCCCCCCCC/1. The highest BCUT2D eigenvalue weighted by molar-refractivity contribution is 5.31. The first-order chi connectivity index (χ1) is 14.0. The van der Waals surface area contributed by atoms with E-state index in [9.17, 15) is 0 Å². The van der Waals surface area contributed by atoms with Crippen LogP contribution in [-0.4, -0.2) is 0 Å². The van der Waals surface area contributed by atoms with Crippen molar-refractivity contribution in [2.45, 2.75) is 154 Å². The maximum atomic E-state index is 2.67. The molecule has 2 aliphatic carbocycles. The molecule has 0 bridgehead atoms. The van der Waals surface area contributed by atoms with Gasteiger partial charge < -0.3 is 0 Å². The molecule has 0 aromatic rings. The third-order valence-corrected chi connectivity index (χ3v) is 6.99. The van der Waals surface area contributed by atoms with Gasteiger partial charge in [-0.3, -0.25) is 0 Å². The third-order valence-electron chi connectivity index (χ3n) is 6.99. The van der Waals surface area contributed by atoms with Gasteiger partial charge in [0.05, 0.1) is 0 Å². The van der Waals surface area contributed by atoms with Crippen LogP contribution in [0, 0.1) is 0 Å². The lowest BCUT2D eigenvalue weighted by atomic mass is 9.91. The molecule has 0 heteroatoms. The topological polar surface area (TPSA) is 0 Å². The number of rotatable bonds is 1. The molecule has 2 rings (SSSR count). The lowest BCUT2D eigenvalue weighted by Crippen LogP contribution is -1.95. The summed E-state index contributed by atoms with van der Waals surface area (Å²) in [5.41, 5.74) is 3.51. The average molecular weight is 387 g/mol. The van der Waals surface area contributed by atoms with Gasteiger partial charge in [0.15, 0.2) is 0 Å². The fourth-order valence-electron chi connectivity index (χ4n) is 5.09. The van der Waals surface area contributed by atoms with Gasteiger partial charge in [-0.25, -0.2) is 0 Å². The van der Waals surface area contributed by atoms with E-state index in [4.69, 9.17) is 0 Å². The Morgan fingerprint density at radius 1 is 0.286 bits per heavy atom. The summed E-state index contributed by atoms with van der Waals surface area (Å²) >= 11 is 0. The molecule has 162 valence electrons. The zero-order valence-electron chi connectivity index (χ0n) is 19.1. The molecule has 0 unspecified atom stereocenters. The predicted octanol–water partition coefficient (Wildman–Crippen LogP) is 10.2. The molecule has 28 heavy (non-hydrogen) atoms. The van der Waals surface area contributed by atoms with Crippen molar-refractivity contribution in [3.63, 3.8) is 0 Å². The first kappa shape index (κ1) is 23.8. The van der Waals surface area contributed by atoms with Crippen LogP contribution in [0.5, 0.6) is 0 Å². The summed E-state index contributed by atoms with van der Waals surface area (Å²) in [4.78, 5) is 0. The van der Waals surface area contributed by atoms with E-state index in [0.717, 1.165) is 0 Å². The zero-order chi connectivity index (χ0) is 19.5. The molecule has 0 radical (unpaired) electrons. The summed E-state index contributed by atoms with van der Waals surface area (Å²) in [7, 11) is 0. The van der Waals surface area contributed by atoms with Crippen LogP contribution in [0.3, 0.4) is 0 Å². The van der Waals surface area contributed by atoms with Crippen molar-refractivity contribution in [2.24, 2.45) is 0 Å². The maximum absolute atomic E-state index is 2.67. The van der Waals surface area contributed by atoms with Crippen LogP contribution in [0.15, 0.2) is 23.3 Å². The minimum Gasteiger partial charge on any atom is -0.0811 e. The average Bonchev–Trinajstić information content (AvgIpc) is 2.71. The second-order valence-corrected chi connectivity index (χ2v) is 9.61. The molecule has 0 aromatic heterocycles. The van der Waals surface area contributed by atoms with Gasteiger partial charge >= 0.3 is 0 Å². The summed E-state index contributed by atoms with van der Waals surface area (Å²) in [6.07, 6.45) is 39.8. The van der Waals surface area contributed by atoms with Crippen LogP contribution in [0.25, 0.3) is 0 Å². The van der Waals surface area contributed by atoms with Gasteiger partial charge in [0.2, 0.25) is 0 Å². The molecule has 0 heterocycles. The van der Waals surface area contributed by atoms with E-state index in [1.54, 1.807) is 11.1 Å². The first-order valence-corrected chi connectivity index (χ1v) is 13.4. The normalized spacial score (nSPS) is 28.0. The molecule has 0 aromatic carbocycles. The summed E-state index contributed by atoms with van der Waals surface area (Å²) in [5, 5.41) is 0. The highest BCUT2D eigenvalue weighted by Gasteiger charge is 2.07. The largest absolute Gasteiger partial charge is 0.0811 e. The summed E-state index contributed by atoms with van der Waals surface area (Å²) in [5.74, 6) is 0. The molecule has 0 fully saturated rings. The molecule has 0 atom stereocenters. The van der Waals surface area contributed by atoms with Crippen molar-refractivity contribution in [1.82, 2.24) is 0 Å². The lowest BCUT2D eigenvalue weighted by molar-refractivity contribution is 0.543. The Morgan fingerprint density at radius 2 is 0.536 bits per heavy atom. The zero-order valence-corrected chi connectivity index (χ0v) is 19.1. The molecular weight excluding hydrogens is 336 g/mol. The van der Waals surface area contributed by atoms with Crippen molar-refractivity contribution in [1.29, 1.82) is 0 Å². The standard InChI is InChI=1S/C28H50/c1-3-7-11-15-19-23-27(24-20-16-12-8-4-1)28-25-21-17-13-9-5-2-6-10-14-18-22-26-28/h23,25H,1-22,24,26H2/b27-23+,28-25+. The Labute approximate surface area is 177 Å². The minimum absolute atomic E-state index is 1.33. The van der Waals surface area contributed by atoms with E-state index in [0.29, 0.717) is 0 Å². The monoisotopic (exact) mass is 386 g/mol. The molecule has 0 aliphatic heterocycles. The van der Waals surface area contributed by atoms with Gasteiger partial charge in [0.1, 0.15) is 0 Å². The predicted molar refractivity (Wildman–Crippen MR) is 127 cm³/mol. The molecule has 0 amide bonds. The Morgan fingerprint density at radius 3 is 0.857 bits per heavy atom. The molecule has 0 saturated carbocycles.